The Morgan fingerprint density at radius 3 is 2.82 bits per heavy atom. The summed E-state index contributed by atoms with van der Waals surface area (Å²) in [6, 6.07) is 3.63. The van der Waals surface area contributed by atoms with Gasteiger partial charge in [0.1, 0.15) is 17.4 Å². The molecule has 4 heterocycles. The van der Waals surface area contributed by atoms with Crippen LogP contribution in [0, 0.1) is 0 Å². The lowest BCUT2D eigenvalue weighted by Gasteiger charge is -2.33. The molecule has 4 rings (SSSR count). The zero-order valence-electron chi connectivity index (χ0n) is 15.2. The Labute approximate surface area is 170 Å². The van der Waals surface area contributed by atoms with E-state index >= 15 is 0 Å². The molecular weight excluding hydrogens is 424 g/mol. The molecule has 0 amide bonds. The minimum absolute atomic E-state index is 0.0645. The van der Waals surface area contributed by atoms with Crippen LogP contribution in [-0.4, -0.2) is 53.5 Å². The highest BCUT2D eigenvalue weighted by atomic mass is 35.5. The van der Waals surface area contributed by atoms with E-state index in [0.717, 1.165) is 14.9 Å². The smallest absolute Gasteiger partial charge is 0.241 e. The lowest BCUT2D eigenvalue weighted by atomic mass is 10.0. The second-order valence-corrected chi connectivity index (χ2v) is 10.0. The fourth-order valence-corrected chi connectivity index (χ4v) is 6.27. The number of nitrogens with one attached hydrogen (secondary N) is 1. The Morgan fingerprint density at radius 1 is 1.39 bits per heavy atom. The van der Waals surface area contributed by atoms with Crippen LogP contribution in [-0.2, 0) is 15.6 Å². The zero-order chi connectivity index (χ0) is 20.3. The van der Waals surface area contributed by atoms with Crippen molar-refractivity contribution in [2.24, 2.45) is 10.7 Å². The average molecular weight is 441 g/mol. The van der Waals surface area contributed by atoms with E-state index in [1.54, 1.807) is 13.0 Å². The first kappa shape index (κ1) is 19.0. The molecule has 3 aromatic heterocycles. The predicted molar refractivity (Wildman–Crippen MR) is 109 cm³/mol. The van der Waals surface area contributed by atoms with E-state index in [9.17, 15) is 8.42 Å². The Kier molecular flexibility index (Phi) is 4.28. The van der Waals surface area contributed by atoms with Crippen molar-refractivity contribution < 1.29 is 13.2 Å². The minimum atomic E-state index is -3.59. The molecule has 0 radical (unpaired) electrons. The van der Waals surface area contributed by atoms with Gasteiger partial charge < -0.3 is 15.5 Å². The van der Waals surface area contributed by atoms with Gasteiger partial charge in [-0.2, -0.15) is 4.98 Å². The number of guanidine groups is 1. The molecule has 0 saturated carbocycles. The van der Waals surface area contributed by atoms with Crippen LogP contribution >= 0.6 is 22.9 Å². The second kappa shape index (κ2) is 6.33. The quantitative estimate of drug-likeness (QED) is 0.642. The van der Waals surface area contributed by atoms with Gasteiger partial charge in [-0.15, -0.1) is 11.3 Å². The lowest BCUT2D eigenvalue weighted by molar-refractivity contribution is 0.402. The normalized spacial score (nSPS) is 21.7. The SMILES string of the molecule is COc1ncnc2cc(-c3cc(Cl)c([C@]4(C)CS(=O)(=O)N(C)C(N)=N4)s3)[nH]c12. The molecule has 3 N–H and O–H groups in total. The molecule has 28 heavy (non-hydrogen) atoms. The van der Waals surface area contributed by atoms with Crippen molar-refractivity contribution in [3.63, 3.8) is 0 Å². The summed E-state index contributed by atoms with van der Waals surface area (Å²) in [6.07, 6.45) is 1.42. The molecule has 0 aliphatic carbocycles. The topological polar surface area (TPSA) is 127 Å². The number of aromatic amines is 1. The molecular formula is C16H17ClN6O3S2. The third kappa shape index (κ3) is 2.90. The summed E-state index contributed by atoms with van der Waals surface area (Å²) in [5.74, 6) is 0.151. The molecule has 1 aliphatic heterocycles. The van der Waals surface area contributed by atoms with Gasteiger partial charge >= 0.3 is 0 Å². The summed E-state index contributed by atoms with van der Waals surface area (Å²) in [5, 5.41) is 0.426. The van der Waals surface area contributed by atoms with Crippen LogP contribution in [0.15, 0.2) is 23.5 Å². The van der Waals surface area contributed by atoms with Crippen molar-refractivity contribution in [2.75, 3.05) is 19.9 Å². The van der Waals surface area contributed by atoms with Crippen LogP contribution in [0.3, 0.4) is 0 Å². The molecule has 0 spiro atoms. The molecule has 148 valence electrons. The number of nitrogens with zero attached hydrogens (tertiary/aromatic N) is 4. The number of nitrogens with two attached hydrogens (primary N) is 1. The fourth-order valence-electron chi connectivity index (χ4n) is 3.14. The number of sulfonamides is 1. The van der Waals surface area contributed by atoms with E-state index in [1.807, 2.05) is 6.07 Å². The van der Waals surface area contributed by atoms with Gasteiger partial charge in [0.2, 0.25) is 21.9 Å². The summed E-state index contributed by atoms with van der Waals surface area (Å²) in [4.78, 5) is 17.4. The van der Waals surface area contributed by atoms with Gasteiger partial charge in [-0.25, -0.2) is 22.7 Å². The van der Waals surface area contributed by atoms with E-state index in [4.69, 9.17) is 22.1 Å². The van der Waals surface area contributed by atoms with Crippen molar-refractivity contribution >= 4 is 50.0 Å². The van der Waals surface area contributed by atoms with Crippen LogP contribution < -0.4 is 10.5 Å². The molecule has 3 aromatic rings. The van der Waals surface area contributed by atoms with Crippen molar-refractivity contribution in [1.82, 2.24) is 19.3 Å². The van der Waals surface area contributed by atoms with Crippen LogP contribution in [0.2, 0.25) is 5.02 Å². The van der Waals surface area contributed by atoms with Gasteiger partial charge in [0.05, 0.1) is 38.9 Å². The molecule has 0 saturated heterocycles. The average Bonchev–Trinajstić information content (AvgIpc) is 3.22. The van der Waals surface area contributed by atoms with Gasteiger partial charge in [-0.05, 0) is 19.1 Å². The number of aromatic nitrogens is 3. The monoisotopic (exact) mass is 440 g/mol. The van der Waals surface area contributed by atoms with E-state index in [-0.39, 0.29) is 11.7 Å². The number of ether oxygens (including phenoxy) is 1. The van der Waals surface area contributed by atoms with Crippen molar-refractivity contribution in [3.8, 4) is 16.5 Å². The summed E-state index contributed by atoms with van der Waals surface area (Å²) < 4.78 is 31.1. The number of rotatable bonds is 3. The van der Waals surface area contributed by atoms with Crippen LogP contribution in [0.5, 0.6) is 5.88 Å². The van der Waals surface area contributed by atoms with Crippen molar-refractivity contribution in [2.45, 2.75) is 12.5 Å². The Balaban J connectivity index is 1.82. The molecule has 0 fully saturated rings. The predicted octanol–water partition coefficient (Wildman–Crippen LogP) is 2.15. The third-order valence-corrected chi connectivity index (χ3v) is 8.36. The molecule has 0 aromatic carbocycles. The molecule has 12 heteroatoms. The number of H-pyrrole nitrogens is 1. The van der Waals surface area contributed by atoms with Crippen molar-refractivity contribution in [1.29, 1.82) is 0 Å². The molecule has 0 bridgehead atoms. The molecule has 1 atom stereocenters. The van der Waals surface area contributed by atoms with Gasteiger partial charge in [0.15, 0.2) is 0 Å². The number of aliphatic imine (C=N–C) groups is 1. The maximum Gasteiger partial charge on any atom is 0.241 e. The number of halogens is 1. The highest BCUT2D eigenvalue weighted by Crippen LogP contribution is 2.44. The maximum absolute atomic E-state index is 12.4. The van der Waals surface area contributed by atoms with Gasteiger partial charge in [-0.3, -0.25) is 0 Å². The highest BCUT2D eigenvalue weighted by Gasteiger charge is 2.42. The van der Waals surface area contributed by atoms with Gasteiger partial charge in [-0.1, -0.05) is 11.6 Å². The van der Waals surface area contributed by atoms with Crippen LogP contribution in [0.4, 0.5) is 0 Å². The van der Waals surface area contributed by atoms with E-state index in [1.165, 1.54) is 31.8 Å². The molecule has 1 aliphatic rings. The first-order valence-corrected chi connectivity index (χ1v) is 10.9. The first-order chi connectivity index (χ1) is 13.1. The van der Waals surface area contributed by atoms with Crippen LogP contribution in [0.25, 0.3) is 21.6 Å². The van der Waals surface area contributed by atoms with Crippen molar-refractivity contribution in [3.05, 3.63) is 28.4 Å². The molecule has 9 nitrogen and oxygen atoms in total. The summed E-state index contributed by atoms with van der Waals surface area (Å²) in [6.45, 7) is 1.71. The summed E-state index contributed by atoms with van der Waals surface area (Å²) in [5.41, 5.74) is 6.90. The Hall–Kier alpha value is -2.37. The fraction of sp³-hybridized carbons (Fsp3) is 0.312. The number of fused-ring (bicyclic) bond motifs is 1. The largest absolute Gasteiger partial charge is 0.479 e. The first-order valence-electron chi connectivity index (χ1n) is 8.14. The Morgan fingerprint density at radius 2 is 2.14 bits per heavy atom. The van der Waals surface area contributed by atoms with E-state index < -0.39 is 15.6 Å². The second-order valence-electron chi connectivity index (χ2n) is 6.58. The summed E-state index contributed by atoms with van der Waals surface area (Å²) >= 11 is 7.83. The lowest BCUT2D eigenvalue weighted by Crippen LogP contribution is -2.50. The minimum Gasteiger partial charge on any atom is -0.479 e. The van der Waals surface area contributed by atoms with Crippen LogP contribution in [0.1, 0.15) is 11.8 Å². The summed E-state index contributed by atoms with van der Waals surface area (Å²) in [7, 11) is -0.668. The van der Waals surface area contributed by atoms with Gasteiger partial charge in [0, 0.05) is 7.05 Å². The van der Waals surface area contributed by atoms with E-state index in [0.29, 0.717) is 26.8 Å². The highest BCUT2D eigenvalue weighted by molar-refractivity contribution is 7.89. The van der Waals surface area contributed by atoms with E-state index in [2.05, 4.69) is 19.9 Å². The maximum atomic E-state index is 12.4. The standard InChI is InChI=1S/C16H17ClN6O3S2/c1-16(6-28(24,25)23(2)15(18)22-16)13-8(17)4-11(27-13)9-5-10-12(21-9)14(26-3)20-7-19-10/h4-5,7,21H,6H2,1-3H3,(H2,18,22)/t16-/m0/s1. The number of hydrogen-bond acceptors (Lipinski definition) is 8. The molecule has 0 unspecified atom stereocenters. The Bertz CT molecular complexity index is 1220. The number of methoxy groups -OCH3 is 1. The van der Waals surface area contributed by atoms with Gasteiger partial charge in [0.25, 0.3) is 0 Å². The number of thiophene rings is 1. The number of hydrogen-bond donors (Lipinski definition) is 2. The third-order valence-electron chi connectivity index (χ3n) is 4.58. The zero-order valence-corrected chi connectivity index (χ0v) is 17.6.